The molecule has 1 aromatic rings. The van der Waals surface area contributed by atoms with Gasteiger partial charge < -0.3 is 10.5 Å². The Morgan fingerprint density at radius 2 is 2.18 bits per heavy atom. The Morgan fingerprint density at radius 3 is 2.82 bits per heavy atom. The molecule has 94 valence electrons. The van der Waals surface area contributed by atoms with Crippen LogP contribution in [0.2, 0.25) is 5.02 Å². The molecule has 0 bridgehead atoms. The molecule has 17 heavy (non-hydrogen) atoms. The van der Waals surface area contributed by atoms with Crippen molar-refractivity contribution in [2.24, 2.45) is 5.92 Å². The summed E-state index contributed by atoms with van der Waals surface area (Å²) in [7, 11) is 0. The normalized spacial score (nSPS) is 10.6. The van der Waals surface area contributed by atoms with Gasteiger partial charge in [-0.25, -0.2) is 4.79 Å². The van der Waals surface area contributed by atoms with E-state index in [9.17, 15) is 4.79 Å². The molecule has 3 nitrogen and oxygen atoms in total. The molecular formula is C13H18ClNO2. The lowest BCUT2D eigenvalue weighted by Gasteiger charge is -2.08. The lowest BCUT2D eigenvalue weighted by atomic mass is 10.1. The SMILES string of the molecule is CC(C)CCCOC(=O)c1cc(N)ccc1Cl. The van der Waals surface area contributed by atoms with Gasteiger partial charge in [0.05, 0.1) is 17.2 Å². The minimum atomic E-state index is -0.411. The molecule has 4 heteroatoms. The molecule has 0 aliphatic heterocycles. The van der Waals surface area contributed by atoms with Crippen LogP contribution in [0.25, 0.3) is 0 Å². The number of ether oxygens (including phenoxy) is 1. The number of halogens is 1. The zero-order valence-corrected chi connectivity index (χ0v) is 11.0. The van der Waals surface area contributed by atoms with Crippen LogP contribution in [0.4, 0.5) is 5.69 Å². The number of esters is 1. The highest BCUT2D eigenvalue weighted by Crippen LogP contribution is 2.19. The van der Waals surface area contributed by atoms with E-state index in [2.05, 4.69) is 13.8 Å². The van der Waals surface area contributed by atoms with Crippen molar-refractivity contribution >= 4 is 23.3 Å². The fourth-order valence-corrected chi connectivity index (χ4v) is 1.63. The Morgan fingerprint density at radius 1 is 1.47 bits per heavy atom. The van der Waals surface area contributed by atoms with Crippen molar-refractivity contribution in [3.63, 3.8) is 0 Å². The van der Waals surface area contributed by atoms with Crippen LogP contribution in [0.5, 0.6) is 0 Å². The van der Waals surface area contributed by atoms with Crippen molar-refractivity contribution in [1.29, 1.82) is 0 Å². The molecule has 0 aromatic heterocycles. The second kappa shape index (κ2) is 6.50. The summed E-state index contributed by atoms with van der Waals surface area (Å²) in [5, 5.41) is 0.369. The first kappa shape index (κ1) is 13.8. The van der Waals surface area contributed by atoms with E-state index in [4.69, 9.17) is 22.1 Å². The van der Waals surface area contributed by atoms with Gasteiger partial charge in [0.25, 0.3) is 0 Å². The Kier molecular flexibility index (Phi) is 5.29. The van der Waals surface area contributed by atoms with Gasteiger partial charge in [-0.3, -0.25) is 0 Å². The predicted molar refractivity (Wildman–Crippen MR) is 70.2 cm³/mol. The molecule has 0 saturated heterocycles. The van der Waals surface area contributed by atoms with Gasteiger partial charge in [-0.15, -0.1) is 0 Å². The summed E-state index contributed by atoms with van der Waals surface area (Å²) in [5.74, 6) is 0.204. The Labute approximate surface area is 107 Å². The average Bonchev–Trinajstić information content (AvgIpc) is 2.27. The first-order valence-corrected chi connectivity index (χ1v) is 6.10. The molecule has 0 amide bonds. The quantitative estimate of drug-likeness (QED) is 0.498. The van der Waals surface area contributed by atoms with Crippen molar-refractivity contribution in [3.8, 4) is 0 Å². The third kappa shape index (κ3) is 4.65. The monoisotopic (exact) mass is 255 g/mol. The predicted octanol–water partition coefficient (Wildman–Crippen LogP) is 3.52. The summed E-state index contributed by atoms with van der Waals surface area (Å²) in [5.41, 5.74) is 6.43. The summed E-state index contributed by atoms with van der Waals surface area (Å²) in [4.78, 5) is 11.7. The third-order valence-electron chi connectivity index (χ3n) is 2.37. The minimum absolute atomic E-state index is 0.330. The van der Waals surface area contributed by atoms with E-state index < -0.39 is 5.97 Å². The largest absolute Gasteiger partial charge is 0.462 e. The Bertz CT molecular complexity index is 391. The molecule has 0 saturated carbocycles. The van der Waals surface area contributed by atoms with E-state index in [0.717, 1.165) is 12.8 Å². The van der Waals surface area contributed by atoms with Crippen LogP contribution in [0.15, 0.2) is 18.2 Å². The van der Waals surface area contributed by atoms with Crippen LogP contribution >= 0.6 is 11.6 Å². The van der Waals surface area contributed by atoms with Crippen LogP contribution < -0.4 is 5.73 Å². The highest BCUT2D eigenvalue weighted by atomic mass is 35.5. The molecular weight excluding hydrogens is 238 g/mol. The van der Waals surface area contributed by atoms with Gasteiger partial charge in [0.15, 0.2) is 0 Å². The Hall–Kier alpha value is -1.22. The number of hydrogen-bond donors (Lipinski definition) is 1. The van der Waals surface area contributed by atoms with E-state index in [1.807, 2.05) is 0 Å². The van der Waals surface area contributed by atoms with E-state index in [0.29, 0.717) is 28.8 Å². The molecule has 0 aliphatic carbocycles. The topological polar surface area (TPSA) is 52.3 Å². The molecule has 0 unspecified atom stereocenters. The van der Waals surface area contributed by atoms with Crippen LogP contribution in [0.3, 0.4) is 0 Å². The standard InChI is InChI=1S/C13H18ClNO2/c1-9(2)4-3-7-17-13(16)11-8-10(15)5-6-12(11)14/h5-6,8-9H,3-4,7,15H2,1-2H3. The summed E-state index contributed by atoms with van der Waals surface area (Å²) in [6.45, 7) is 4.69. The number of benzene rings is 1. The lowest BCUT2D eigenvalue weighted by molar-refractivity contribution is 0.0495. The molecule has 2 N–H and O–H groups in total. The van der Waals surface area contributed by atoms with E-state index in [-0.39, 0.29) is 0 Å². The second-order valence-electron chi connectivity index (χ2n) is 4.41. The average molecular weight is 256 g/mol. The fraction of sp³-hybridized carbons (Fsp3) is 0.462. The van der Waals surface area contributed by atoms with Crippen molar-refractivity contribution < 1.29 is 9.53 Å². The molecule has 0 atom stereocenters. The summed E-state index contributed by atoms with van der Waals surface area (Å²) in [6, 6.07) is 4.78. The molecule has 0 radical (unpaired) electrons. The fourth-order valence-electron chi connectivity index (χ4n) is 1.43. The first-order valence-electron chi connectivity index (χ1n) is 5.73. The van der Waals surface area contributed by atoms with Crippen LogP contribution in [-0.2, 0) is 4.74 Å². The van der Waals surface area contributed by atoms with Crippen molar-refractivity contribution in [2.75, 3.05) is 12.3 Å². The molecule has 1 aromatic carbocycles. The van der Waals surface area contributed by atoms with Gasteiger partial charge in [-0.1, -0.05) is 25.4 Å². The number of carbonyl (C=O) groups is 1. The third-order valence-corrected chi connectivity index (χ3v) is 2.70. The van der Waals surface area contributed by atoms with Gasteiger partial charge in [0, 0.05) is 5.69 Å². The number of rotatable bonds is 5. The van der Waals surface area contributed by atoms with Crippen molar-refractivity contribution in [1.82, 2.24) is 0 Å². The van der Waals surface area contributed by atoms with E-state index >= 15 is 0 Å². The van der Waals surface area contributed by atoms with Gasteiger partial charge in [-0.2, -0.15) is 0 Å². The second-order valence-corrected chi connectivity index (χ2v) is 4.82. The number of carbonyl (C=O) groups excluding carboxylic acids is 1. The molecule has 0 fully saturated rings. The number of nitrogens with two attached hydrogens (primary N) is 1. The molecule has 1 rings (SSSR count). The zero-order valence-electron chi connectivity index (χ0n) is 10.2. The van der Waals surface area contributed by atoms with E-state index in [1.165, 1.54) is 6.07 Å². The highest BCUT2D eigenvalue weighted by molar-refractivity contribution is 6.33. The van der Waals surface area contributed by atoms with Crippen LogP contribution in [0.1, 0.15) is 37.0 Å². The first-order chi connectivity index (χ1) is 8.00. The Balaban J connectivity index is 2.49. The summed E-state index contributed by atoms with van der Waals surface area (Å²) < 4.78 is 5.14. The maximum atomic E-state index is 11.7. The molecule has 0 aliphatic rings. The maximum Gasteiger partial charge on any atom is 0.339 e. The van der Waals surface area contributed by atoms with Gasteiger partial charge in [0.1, 0.15) is 0 Å². The van der Waals surface area contributed by atoms with Gasteiger partial charge in [0.2, 0.25) is 0 Å². The smallest absolute Gasteiger partial charge is 0.339 e. The van der Waals surface area contributed by atoms with Crippen molar-refractivity contribution in [3.05, 3.63) is 28.8 Å². The molecule has 0 spiro atoms. The highest BCUT2D eigenvalue weighted by Gasteiger charge is 2.11. The number of hydrogen-bond acceptors (Lipinski definition) is 3. The minimum Gasteiger partial charge on any atom is -0.462 e. The van der Waals surface area contributed by atoms with Crippen LogP contribution in [-0.4, -0.2) is 12.6 Å². The lowest BCUT2D eigenvalue weighted by Crippen LogP contribution is -2.08. The van der Waals surface area contributed by atoms with E-state index in [1.54, 1.807) is 12.1 Å². The molecule has 0 heterocycles. The van der Waals surface area contributed by atoms with Crippen molar-refractivity contribution in [2.45, 2.75) is 26.7 Å². The van der Waals surface area contributed by atoms with Gasteiger partial charge in [-0.05, 0) is 37.0 Å². The summed E-state index contributed by atoms with van der Waals surface area (Å²) >= 11 is 5.90. The van der Waals surface area contributed by atoms with Crippen LogP contribution in [0, 0.1) is 5.92 Å². The number of nitrogen functional groups attached to an aromatic ring is 1. The summed E-state index contributed by atoms with van der Waals surface area (Å²) in [6.07, 6.45) is 1.90. The zero-order chi connectivity index (χ0) is 12.8. The van der Waals surface area contributed by atoms with Gasteiger partial charge >= 0.3 is 5.97 Å². The number of anilines is 1. The maximum absolute atomic E-state index is 11.7.